The van der Waals surface area contributed by atoms with E-state index in [0.29, 0.717) is 30.6 Å². The van der Waals surface area contributed by atoms with Crippen molar-refractivity contribution in [3.63, 3.8) is 0 Å². The Morgan fingerprint density at radius 2 is 2.09 bits per heavy atom. The first-order chi connectivity index (χ1) is 9.84. The summed E-state index contributed by atoms with van der Waals surface area (Å²) in [4.78, 5) is 30.3. The van der Waals surface area contributed by atoms with Gasteiger partial charge in [0.1, 0.15) is 5.52 Å². The quantitative estimate of drug-likeness (QED) is 0.471. The Morgan fingerprint density at radius 1 is 1.36 bits per heavy atom. The number of nitrogens with zero attached hydrogens (tertiary/aromatic N) is 4. The van der Waals surface area contributed by atoms with Crippen molar-refractivity contribution in [1.29, 1.82) is 0 Å². The van der Waals surface area contributed by atoms with Gasteiger partial charge < -0.3 is 36.7 Å². The van der Waals surface area contributed by atoms with Crippen molar-refractivity contribution in [3.05, 3.63) is 6.33 Å². The Morgan fingerprint density at radius 3 is 2.73 bits per heavy atom. The number of fused-ring (bicyclic) bond motifs is 1. The SMILES string of the molecule is N.Nc1nc(N)c2ncn(C[C@@H]3CC[C@@H](P(=O)(O)O)O3)c2n1. The Balaban J connectivity index is 0.00000176. The van der Waals surface area contributed by atoms with Gasteiger partial charge in [0.15, 0.2) is 17.3 Å². The molecule has 0 saturated carbocycles. The fraction of sp³-hybridized carbons (Fsp3) is 0.500. The lowest BCUT2D eigenvalue weighted by Crippen LogP contribution is -2.17. The molecule has 0 spiro atoms. The molecule has 1 aliphatic heterocycles. The Labute approximate surface area is 125 Å². The normalized spacial score (nSPS) is 21.9. The van der Waals surface area contributed by atoms with Crippen LogP contribution in [0.5, 0.6) is 0 Å². The number of aromatic nitrogens is 4. The summed E-state index contributed by atoms with van der Waals surface area (Å²) in [6.45, 7) is 0.364. The van der Waals surface area contributed by atoms with E-state index in [1.165, 1.54) is 6.33 Å². The molecule has 2 aromatic rings. The van der Waals surface area contributed by atoms with E-state index in [0.717, 1.165) is 0 Å². The van der Waals surface area contributed by atoms with E-state index >= 15 is 0 Å². The third-order valence-corrected chi connectivity index (χ3v) is 4.50. The van der Waals surface area contributed by atoms with Gasteiger partial charge in [-0.1, -0.05) is 0 Å². The molecule has 122 valence electrons. The molecule has 0 bridgehead atoms. The van der Waals surface area contributed by atoms with Gasteiger partial charge >= 0.3 is 7.60 Å². The van der Waals surface area contributed by atoms with E-state index in [9.17, 15) is 4.57 Å². The van der Waals surface area contributed by atoms with Crippen LogP contribution < -0.4 is 17.6 Å². The van der Waals surface area contributed by atoms with Gasteiger partial charge in [-0.2, -0.15) is 9.97 Å². The number of nitrogen functional groups attached to an aromatic ring is 2. The summed E-state index contributed by atoms with van der Waals surface area (Å²) in [5.74, 6) is -0.805. The summed E-state index contributed by atoms with van der Waals surface area (Å²) in [6, 6.07) is 0. The van der Waals surface area contributed by atoms with E-state index in [2.05, 4.69) is 15.0 Å². The molecule has 3 heterocycles. The number of anilines is 2. The average molecular weight is 331 g/mol. The minimum atomic E-state index is -4.22. The zero-order valence-electron chi connectivity index (χ0n) is 11.7. The summed E-state index contributed by atoms with van der Waals surface area (Å²) >= 11 is 0. The Hall–Kier alpha value is -1.78. The van der Waals surface area contributed by atoms with E-state index in [1.807, 2.05) is 0 Å². The van der Waals surface area contributed by atoms with E-state index in [4.69, 9.17) is 26.0 Å². The molecule has 0 radical (unpaired) electrons. The summed E-state index contributed by atoms with van der Waals surface area (Å²) in [7, 11) is -4.22. The van der Waals surface area contributed by atoms with Gasteiger partial charge in [-0.05, 0) is 12.8 Å². The number of hydrogen-bond donors (Lipinski definition) is 5. The van der Waals surface area contributed by atoms with E-state index < -0.39 is 13.4 Å². The van der Waals surface area contributed by atoms with Gasteiger partial charge in [-0.15, -0.1) is 0 Å². The molecule has 2 aromatic heterocycles. The van der Waals surface area contributed by atoms with Crippen LogP contribution in [-0.4, -0.2) is 41.3 Å². The highest BCUT2D eigenvalue weighted by molar-refractivity contribution is 7.52. The monoisotopic (exact) mass is 331 g/mol. The first-order valence-corrected chi connectivity index (χ1v) is 7.97. The van der Waals surface area contributed by atoms with Crippen LogP contribution in [0, 0.1) is 0 Å². The molecule has 11 nitrogen and oxygen atoms in total. The minimum absolute atomic E-state index is 0. The van der Waals surface area contributed by atoms with Gasteiger partial charge in [-0.25, -0.2) is 4.98 Å². The molecule has 22 heavy (non-hydrogen) atoms. The largest absolute Gasteiger partial charge is 0.382 e. The predicted molar refractivity (Wildman–Crippen MR) is 79.1 cm³/mol. The summed E-state index contributed by atoms with van der Waals surface area (Å²) in [5.41, 5.74) is 12.2. The number of ether oxygens (including phenoxy) is 1. The molecular weight excluding hydrogens is 313 g/mol. The standard InChI is InChI=1S/C10H15N6O4P.H3N/c11-8-7-9(15-10(12)14-8)16(4-13-7)3-5-1-2-6(20-5)21(17,18)19;/h4-6H,1-3H2,(H2,17,18,19)(H4,11,12,14,15);1H3/t5-,6+;/m0./s1. The molecule has 0 amide bonds. The molecular formula is C10H18N7O4P. The maximum absolute atomic E-state index is 11.2. The third kappa shape index (κ3) is 3.03. The van der Waals surface area contributed by atoms with Crippen molar-refractivity contribution in [3.8, 4) is 0 Å². The fourth-order valence-electron chi connectivity index (χ4n) is 2.41. The van der Waals surface area contributed by atoms with Gasteiger partial charge in [0.2, 0.25) is 5.95 Å². The van der Waals surface area contributed by atoms with Crippen LogP contribution in [0.15, 0.2) is 6.33 Å². The lowest BCUT2D eigenvalue weighted by Gasteiger charge is -2.15. The molecule has 0 aliphatic carbocycles. The van der Waals surface area contributed by atoms with Gasteiger partial charge in [0.25, 0.3) is 0 Å². The van der Waals surface area contributed by atoms with E-state index in [1.54, 1.807) is 4.57 Å². The zero-order valence-corrected chi connectivity index (χ0v) is 12.6. The highest BCUT2D eigenvalue weighted by atomic mass is 31.2. The van der Waals surface area contributed by atoms with E-state index in [-0.39, 0.29) is 24.0 Å². The number of imidazole rings is 1. The van der Waals surface area contributed by atoms with Crippen LogP contribution in [0.3, 0.4) is 0 Å². The first-order valence-electron chi connectivity index (χ1n) is 6.29. The van der Waals surface area contributed by atoms with Crippen molar-refractivity contribution in [2.45, 2.75) is 31.3 Å². The van der Waals surface area contributed by atoms with Crippen LogP contribution in [-0.2, 0) is 15.8 Å². The number of nitrogens with two attached hydrogens (primary N) is 2. The minimum Gasteiger partial charge on any atom is -0.382 e. The molecule has 1 aliphatic rings. The molecule has 9 N–H and O–H groups in total. The van der Waals surface area contributed by atoms with Gasteiger partial charge in [0, 0.05) is 0 Å². The maximum atomic E-state index is 11.2. The molecule has 1 fully saturated rings. The zero-order chi connectivity index (χ0) is 15.2. The molecule has 1 saturated heterocycles. The highest BCUT2D eigenvalue weighted by Gasteiger charge is 2.37. The van der Waals surface area contributed by atoms with Crippen molar-refractivity contribution < 1.29 is 19.1 Å². The second-order valence-corrected chi connectivity index (χ2v) is 6.67. The maximum Gasteiger partial charge on any atom is 0.354 e. The Kier molecular flexibility index (Phi) is 4.36. The fourth-order valence-corrected chi connectivity index (χ4v) is 3.22. The lowest BCUT2D eigenvalue weighted by atomic mass is 10.2. The van der Waals surface area contributed by atoms with Gasteiger partial charge in [-0.3, -0.25) is 4.57 Å². The van der Waals surface area contributed by atoms with Crippen LogP contribution >= 0.6 is 7.60 Å². The molecule has 0 aromatic carbocycles. The molecule has 3 rings (SSSR count). The van der Waals surface area contributed by atoms with Crippen molar-refractivity contribution in [2.75, 3.05) is 11.5 Å². The van der Waals surface area contributed by atoms with Crippen molar-refractivity contribution >= 4 is 30.5 Å². The van der Waals surface area contributed by atoms with Crippen molar-refractivity contribution in [2.24, 2.45) is 0 Å². The topological polar surface area (TPSA) is 197 Å². The average Bonchev–Trinajstić information content (AvgIpc) is 2.97. The van der Waals surface area contributed by atoms with Crippen LogP contribution in [0.2, 0.25) is 0 Å². The van der Waals surface area contributed by atoms with Crippen LogP contribution in [0.4, 0.5) is 11.8 Å². The highest BCUT2D eigenvalue weighted by Crippen LogP contribution is 2.48. The smallest absolute Gasteiger partial charge is 0.354 e. The summed E-state index contributed by atoms with van der Waals surface area (Å²) in [6.07, 6.45) is 2.08. The van der Waals surface area contributed by atoms with Gasteiger partial charge in [0.05, 0.1) is 19.0 Å². The predicted octanol–water partition coefficient (Wildman–Crippen LogP) is -0.165. The summed E-state index contributed by atoms with van der Waals surface area (Å²) < 4.78 is 18.3. The second kappa shape index (κ2) is 5.78. The second-order valence-electron chi connectivity index (χ2n) is 4.92. The Bertz CT molecular complexity index is 729. The van der Waals surface area contributed by atoms with Crippen LogP contribution in [0.25, 0.3) is 11.2 Å². The molecule has 2 atom stereocenters. The summed E-state index contributed by atoms with van der Waals surface area (Å²) in [5, 5.41) is 0. The lowest BCUT2D eigenvalue weighted by molar-refractivity contribution is 0.0621. The first kappa shape index (κ1) is 16.6. The third-order valence-electron chi connectivity index (χ3n) is 3.37. The number of rotatable bonds is 3. The molecule has 0 unspecified atom stereocenters. The van der Waals surface area contributed by atoms with Crippen LogP contribution in [0.1, 0.15) is 12.8 Å². The molecule has 12 heteroatoms. The number of hydrogen-bond acceptors (Lipinski definition) is 8. The van der Waals surface area contributed by atoms with Crippen molar-refractivity contribution in [1.82, 2.24) is 25.7 Å².